The summed E-state index contributed by atoms with van der Waals surface area (Å²) in [5.74, 6) is 0.524. The van der Waals surface area contributed by atoms with Crippen molar-refractivity contribution in [2.45, 2.75) is 32.6 Å². The molecule has 2 amide bonds. The molecule has 0 spiro atoms. The number of carbonyl (C=O) groups is 2. The Morgan fingerprint density at radius 2 is 2.12 bits per heavy atom. The summed E-state index contributed by atoms with van der Waals surface area (Å²) < 4.78 is 5.12. The highest BCUT2D eigenvalue weighted by Gasteiger charge is 2.29. The maximum atomic E-state index is 12.8. The van der Waals surface area contributed by atoms with Gasteiger partial charge in [-0.25, -0.2) is 0 Å². The predicted octanol–water partition coefficient (Wildman–Crippen LogP) is 2.07. The van der Waals surface area contributed by atoms with Crippen LogP contribution >= 0.6 is 0 Å². The molecule has 0 aromatic carbocycles. The summed E-state index contributed by atoms with van der Waals surface area (Å²) in [4.78, 5) is 30.7. The van der Waals surface area contributed by atoms with Gasteiger partial charge >= 0.3 is 0 Å². The Labute approximate surface area is 146 Å². The van der Waals surface area contributed by atoms with Crippen molar-refractivity contribution in [3.63, 3.8) is 0 Å². The van der Waals surface area contributed by atoms with Gasteiger partial charge in [0.15, 0.2) is 0 Å². The maximum Gasteiger partial charge on any atom is 0.259 e. The van der Waals surface area contributed by atoms with Crippen LogP contribution < -0.4 is 5.32 Å². The summed E-state index contributed by atoms with van der Waals surface area (Å²) in [6.07, 6.45) is 3.47. The number of rotatable bonds is 3. The van der Waals surface area contributed by atoms with E-state index in [2.05, 4.69) is 15.5 Å². The monoisotopic (exact) mass is 342 g/mol. The van der Waals surface area contributed by atoms with Gasteiger partial charge in [0, 0.05) is 37.9 Å². The fraction of sp³-hybridized carbons (Fsp3) is 0.444. The fourth-order valence-electron chi connectivity index (χ4n) is 3.27. The highest BCUT2D eigenvalue weighted by molar-refractivity contribution is 5.96. The number of aryl methyl sites for hydroxylation is 2. The van der Waals surface area contributed by atoms with E-state index in [-0.39, 0.29) is 17.7 Å². The molecule has 2 aromatic rings. The van der Waals surface area contributed by atoms with Gasteiger partial charge in [-0.3, -0.25) is 14.6 Å². The van der Waals surface area contributed by atoms with E-state index in [1.54, 1.807) is 33.2 Å². The molecule has 3 rings (SSSR count). The molecule has 7 nitrogen and oxygen atoms in total. The summed E-state index contributed by atoms with van der Waals surface area (Å²) >= 11 is 0. The molecule has 1 aliphatic heterocycles. The maximum absolute atomic E-state index is 12.8. The lowest BCUT2D eigenvalue weighted by Crippen LogP contribution is -2.39. The van der Waals surface area contributed by atoms with Gasteiger partial charge in [0.25, 0.3) is 11.8 Å². The van der Waals surface area contributed by atoms with Gasteiger partial charge in [-0.2, -0.15) is 0 Å². The molecule has 1 saturated heterocycles. The van der Waals surface area contributed by atoms with Crippen molar-refractivity contribution in [3.8, 4) is 0 Å². The third-order valence-electron chi connectivity index (χ3n) is 4.65. The second-order valence-electron chi connectivity index (χ2n) is 6.34. The Balaban J connectivity index is 1.75. The number of carbonyl (C=O) groups excluding carboxylic acids is 2. The van der Waals surface area contributed by atoms with Crippen LogP contribution in [0.15, 0.2) is 22.9 Å². The van der Waals surface area contributed by atoms with E-state index < -0.39 is 0 Å². The van der Waals surface area contributed by atoms with Crippen molar-refractivity contribution in [3.05, 3.63) is 46.6 Å². The number of amides is 2. The summed E-state index contributed by atoms with van der Waals surface area (Å²) in [6, 6.07) is 3.65. The number of aromatic nitrogens is 2. The van der Waals surface area contributed by atoms with Gasteiger partial charge in [0.1, 0.15) is 11.3 Å². The predicted molar refractivity (Wildman–Crippen MR) is 91.5 cm³/mol. The van der Waals surface area contributed by atoms with E-state index >= 15 is 0 Å². The van der Waals surface area contributed by atoms with Crippen molar-refractivity contribution in [1.82, 2.24) is 20.4 Å². The second-order valence-corrected chi connectivity index (χ2v) is 6.34. The summed E-state index contributed by atoms with van der Waals surface area (Å²) in [7, 11) is 1.59. The van der Waals surface area contributed by atoms with Crippen LogP contribution in [0, 0.1) is 13.8 Å². The zero-order chi connectivity index (χ0) is 18.0. The van der Waals surface area contributed by atoms with Crippen LogP contribution in [0.5, 0.6) is 0 Å². The first-order valence-corrected chi connectivity index (χ1v) is 8.41. The van der Waals surface area contributed by atoms with Crippen molar-refractivity contribution in [1.29, 1.82) is 0 Å². The lowest BCUT2D eigenvalue weighted by molar-refractivity contribution is 0.0703. The van der Waals surface area contributed by atoms with E-state index in [4.69, 9.17) is 4.52 Å². The Morgan fingerprint density at radius 3 is 2.72 bits per heavy atom. The minimum atomic E-state index is -0.155. The highest BCUT2D eigenvalue weighted by atomic mass is 16.5. The van der Waals surface area contributed by atoms with Gasteiger partial charge < -0.3 is 14.7 Å². The molecule has 0 unspecified atom stereocenters. The van der Waals surface area contributed by atoms with Gasteiger partial charge in [0.05, 0.1) is 11.3 Å². The molecule has 132 valence electrons. The van der Waals surface area contributed by atoms with Crippen LogP contribution in [0.4, 0.5) is 0 Å². The number of piperidine rings is 1. The van der Waals surface area contributed by atoms with E-state index in [9.17, 15) is 9.59 Å². The molecular formula is C18H22N4O3. The molecule has 25 heavy (non-hydrogen) atoms. The summed E-state index contributed by atoms with van der Waals surface area (Å²) in [5, 5.41) is 6.45. The quantitative estimate of drug-likeness (QED) is 0.922. The molecule has 0 saturated carbocycles. The van der Waals surface area contributed by atoms with Crippen LogP contribution in [0.3, 0.4) is 0 Å². The lowest BCUT2D eigenvalue weighted by Gasteiger charge is -2.32. The second kappa shape index (κ2) is 7.04. The van der Waals surface area contributed by atoms with E-state index in [1.807, 2.05) is 11.0 Å². The minimum Gasteiger partial charge on any atom is -0.361 e. The summed E-state index contributed by atoms with van der Waals surface area (Å²) in [6.45, 7) is 4.86. The Bertz CT molecular complexity index is 763. The number of hydrogen-bond acceptors (Lipinski definition) is 5. The lowest BCUT2D eigenvalue weighted by atomic mass is 9.93. The molecule has 1 aliphatic rings. The van der Waals surface area contributed by atoms with Crippen molar-refractivity contribution in [2.24, 2.45) is 0 Å². The zero-order valence-electron chi connectivity index (χ0n) is 14.7. The molecule has 0 aliphatic carbocycles. The SMILES string of the molecule is CNC(=O)c1ccc([C@H]2CCCN(C(=O)c3c(C)noc3C)C2)nc1. The smallest absolute Gasteiger partial charge is 0.259 e. The number of hydrogen-bond donors (Lipinski definition) is 1. The first kappa shape index (κ1) is 17.1. The van der Waals surface area contributed by atoms with Crippen molar-refractivity contribution < 1.29 is 14.1 Å². The molecule has 0 radical (unpaired) electrons. The average Bonchev–Trinajstić information content (AvgIpc) is 2.99. The Hall–Kier alpha value is -2.70. The van der Waals surface area contributed by atoms with E-state index in [1.165, 1.54) is 0 Å². The third kappa shape index (κ3) is 3.40. The number of nitrogens with zero attached hydrogens (tertiary/aromatic N) is 3. The summed E-state index contributed by atoms with van der Waals surface area (Å²) in [5.41, 5.74) is 2.62. The number of likely N-dealkylation sites (tertiary alicyclic amines) is 1. The largest absolute Gasteiger partial charge is 0.361 e. The topological polar surface area (TPSA) is 88.3 Å². The molecule has 2 aromatic heterocycles. The van der Waals surface area contributed by atoms with E-state index in [0.29, 0.717) is 29.1 Å². The van der Waals surface area contributed by atoms with Gasteiger partial charge in [0.2, 0.25) is 0 Å². The molecular weight excluding hydrogens is 320 g/mol. The first-order valence-electron chi connectivity index (χ1n) is 8.41. The molecule has 3 heterocycles. The minimum absolute atomic E-state index is 0.0390. The van der Waals surface area contributed by atoms with Gasteiger partial charge in [-0.15, -0.1) is 0 Å². The van der Waals surface area contributed by atoms with E-state index in [0.717, 1.165) is 25.1 Å². The molecule has 7 heteroatoms. The first-order chi connectivity index (χ1) is 12.0. The third-order valence-corrected chi connectivity index (χ3v) is 4.65. The van der Waals surface area contributed by atoms with Crippen LogP contribution in [0.25, 0.3) is 0 Å². The van der Waals surface area contributed by atoms with Crippen molar-refractivity contribution in [2.75, 3.05) is 20.1 Å². The van der Waals surface area contributed by atoms with Crippen LogP contribution in [-0.2, 0) is 0 Å². The molecule has 1 atom stereocenters. The van der Waals surface area contributed by atoms with Gasteiger partial charge in [-0.05, 0) is 38.8 Å². The zero-order valence-corrected chi connectivity index (χ0v) is 14.7. The normalized spacial score (nSPS) is 17.4. The molecule has 1 fully saturated rings. The fourth-order valence-corrected chi connectivity index (χ4v) is 3.27. The standard InChI is InChI=1S/C18H22N4O3/c1-11-16(12(2)25-21-11)18(24)22-8-4-5-14(10-22)15-7-6-13(9-20-15)17(23)19-3/h6-7,9,14H,4-5,8,10H2,1-3H3,(H,19,23)/t14-/m0/s1. The number of pyridine rings is 1. The van der Waals surface area contributed by atoms with Crippen LogP contribution in [0.2, 0.25) is 0 Å². The van der Waals surface area contributed by atoms with Gasteiger partial charge in [-0.1, -0.05) is 5.16 Å². The average molecular weight is 342 g/mol. The Kier molecular flexibility index (Phi) is 4.83. The van der Waals surface area contributed by atoms with Crippen LogP contribution in [0.1, 0.15) is 56.6 Å². The van der Waals surface area contributed by atoms with Crippen molar-refractivity contribution >= 4 is 11.8 Å². The molecule has 0 bridgehead atoms. The van der Waals surface area contributed by atoms with Crippen LogP contribution in [-0.4, -0.2) is 47.0 Å². The number of nitrogens with one attached hydrogen (secondary N) is 1. The highest BCUT2D eigenvalue weighted by Crippen LogP contribution is 2.27. The Morgan fingerprint density at radius 1 is 1.32 bits per heavy atom. The molecule has 1 N–H and O–H groups in total.